The van der Waals surface area contributed by atoms with Crippen LogP contribution in [-0.2, 0) is 11.2 Å². The number of aromatic nitrogens is 2. The number of benzene rings is 3. The van der Waals surface area contributed by atoms with Gasteiger partial charge in [0.05, 0.1) is 16.2 Å². The van der Waals surface area contributed by atoms with Gasteiger partial charge in [0.2, 0.25) is 5.91 Å². The van der Waals surface area contributed by atoms with E-state index in [0.29, 0.717) is 21.9 Å². The minimum absolute atomic E-state index is 0.00261. The van der Waals surface area contributed by atoms with E-state index in [1.54, 1.807) is 18.2 Å². The first-order valence-corrected chi connectivity index (χ1v) is 11.2. The van der Waals surface area contributed by atoms with E-state index in [1.165, 1.54) is 42.1 Å². The second-order valence-electron chi connectivity index (χ2n) is 7.18. The normalized spacial score (nSPS) is 10.8. The molecule has 1 aromatic heterocycles. The Bertz CT molecular complexity index is 1350. The monoisotopic (exact) mass is 462 g/mol. The maximum Gasteiger partial charge on any atom is 0.292 e. The van der Waals surface area contributed by atoms with Crippen molar-refractivity contribution in [1.82, 2.24) is 9.97 Å². The molecule has 0 radical (unpaired) electrons. The number of hydrogen-bond acceptors (Lipinski definition) is 6. The Kier molecular flexibility index (Phi) is 6.60. The largest absolute Gasteiger partial charge is 0.320 e. The number of halogens is 1. The number of nitro benzene ring substituents is 1. The molecule has 0 aliphatic rings. The average molecular weight is 463 g/mol. The highest BCUT2D eigenvalue weighted by atomic mass is 32.2. The summed E-state index contributed by atoms with van der Waals surface area (Å²) in [5, 5.41) is 15.2. The summed E-state index contributed by atoms with van der Waals surface area (Å²) in [4.78, 5) is 32.5. The Labute approximate surface area is 193 Å². The summed E-state index contributed by atoms with van der Waals surface area (Å²) in [6, 6.07) is 17.8. The summed E-state index contributed by atoms with van der Waals surface area (Å²) < 4.78 is 13.4. The molecular formula is C24H19FN4O3S. The molecule has 33 heavy (non-hydrogen) atoms. The van der Waals surface area contributed by atoms with E-state index in [4.69, 9.17) is 0 Å². The van der Waals surface area contributed by atoms with Gasteiger partial charge in [0.1, 0.15) is 16.5 Å². The van der Waals surface area contributed by atoms with Crippen molar-refractivity contribution in [2.24, 2.45) is 0 Å². The number of thioether (sulfide) groups is 1. The Morgan fingerprint density at radius 2 is 1.85 bits per heavy atom. The summed E-state index contributed by atoms with van der Waals surface area (Å²) in [7, 11) is 0. The first-order valence-electron chi connectivity index (χ1n) is 10.2. The Morgan fingerprint density at radius 3 is 2.58 bits per heavy atom. The van der Waals surface area contributed by atoms with Gasteiger partial charge in [-0.2, -0.15) is 0 Å². The minimum atomic E-state index is -0.540. The molecule has 0 spiro atoms. The van der Waals surface area contributed by atoms with Crippen LogP contribution in [0, 0.1) is 15.9 Å². The molecular weight excluding hydrogens is 443 g/mol. The topological polar surface area (TPSA) is 98.0 Å². The number of para-hydroxylation sites is 2. The molecule has 3 aromatic carbocycles. The highest BCUT2D eigenvalue weighted by Crippen LogP contribution is 2.30. The predicted octanol–water partition coefficient (Wildman–Crippen LogP) is 5.64. The third kappa shape index (κ3) is 5.15. The highest BCUT2D eigenvalue weighted by molar-refractivity contribution is 8.00. The third-order valence-electron chi connectivity index (χ3n) is 4.95. The van der Waals surface area contributed by atoms with Crippen molar-refractivity contribution in [2.45, 2.75) is 18.4 Å². The lowest BCUT2D eigenvalue weighted by Gasteiger charge is -2.10. The van der Waals surface area contributed by atoms with Crippen LogP contribution in [0.4, 0.5) is 15.8 Å². The number of carbonyl (C=O) groups excluding carboxylic acids is 1. The SMILES string of the molecule is CCc1ccc2nc(-c3ccc(F)cc3)nc(SCC(=O)Nc3ccccc3[N+](=O)[O-])c2c1. The van der Waals surface area contributed by atoms with Crippen LogP contribution in [-0.4, -0.2) is 26.6 Å². The molecule has 9 heteroatoms. The molecule has 1 heterocycles. The fraction of sp³-hybridized carbons (Fsp3) is 0.125. The van der Waals surface area contributed by atoms with Gasteiger partial charge in [-0.3, -0.25) is 14.9 Å². The molecule has 4 aromatic rings. The molecule has 0 fully saturated rings. The number of fused-ring (bicyclic) bond motifs is 1. The van der Waals surface area contributed by atoms with Crippen molar-refractivity contribution in [3.63, 3.8) is 0 Å². The second kappa shape index (κ2) is 9.74. The summed E-state index contributed by atoms with van der Waals surface area (Å²) in [6.45, 7) is 2.04. The van der Waals surface area contributed by atoms with Crippen LogP contribution < -0.4 is 5.32 Å². The van der Waals surface area contributed by atoms with Gasteiger partial charge >= 0.3 is 0 Å². The number of nitrogens with one attached hydrogen (secondary N) is 1. The maximum atomic E-state index is 13.4. The van der Waals surface area contributed by atoms with Crippen LogP contribution in [0.1, 0.15) is 12.5 Å². The molecule has 0 atom stereocenters. The number of anilines is 1. The van der Waals surface area contributed by atoms with E-state index < -0.39 is 10.8 Å². The molecule has 0 aliphatic carbocycles. The second-order valence-corrected chi connectivity index (χ2v) is 8.14. The van der Waals surface area contributed by atoms with Gasteiger partial charge < -0.3 is 5.32 Å². The van der Waals surface area contributed by atoms with Gasteiger partial charge in [-0.25, -0.2) is 14.4 Å². The van der Waals surface area contributed by atoms with Crippen molar-refractivity contribution in [2.75, 3.05) is 11.1 Å². The molecule has 7 nitrogen and oxygen atoms in total. The Balaban J connectivity index is 1.63. The fourth-order valence-corrected chi connectivity index (χ4v) is 4.07. The van der Waals surface area contributed by atoms with Crippen LogP contribution in [0.5, 0.6) is 0 Å². The number of nitrogens with zero attached hydrogens (tertiary/aromatic N) is 3. The zero-order valence-corrected chi connectivity index (χ0v) is 18.4. The predicted molar refractivity (Wildman–Crippen MR) is 127 cm³/mol. The van der Waals surface area contributed by atoms with E-state index >= 15 is 0 Å². The van der Waals surface area contributed by atoms with E-state index in [1.807, 2.05) is 25.1 Å². The summed E-state index contributed by atoms with van der Waals surface area (Å²) in [6.07, 6.45) is 0.831. The fourth-order valence-electron chi connectivity index (χ4n) is 3.26. The average Bonchev–Trinajstić information content (AvgIpc) is 2.82. The van der Waals surface area contributed by atoms with Crippen molar-refractivity contribution in [3.8, 4) is 11.4 Å². The number of amides is 1. The zero-order chi connectivity index (χ0) is 23.4. The quantitative estimate of drug-likeness (QED) is 0.165. The summed E-state index contributed by atoms with van der Waals surface area (Å²) in [5.74, 6) is -0.324. The molecule has 0 unspecified atom stereocenters. The van der Waals surface area contributed by atoms with Crippen LogP contribution in [0.2, 0.25) is 0 Å². The highest BCUT2D eigenvalue weighted by Gasteiger charge is 2.16. The smallest absolute Gasteiger partial charge is 0.292 e. The Hall–Kier alpha value is -3.85. The van der Waals surface area contributed by atoms with Gasteiger partial charge in [0.15, 0.2) is 5.82 Å². The van der Waals surface area contributed by atoms with E-state index in [9.17, 15) is 19.3 Å². The molecule has 0 bridgehead atoms. The number of carbonyl (C=O) groups is 1. The van der Waals surface area contributed by atoms with Crippen molar-refractivity contribution < 1.29 is 14.1 Å². The number of aryl methyl sites for hydroxylation is 1. The summed E-state index contributed by atoms with van der Waals surface area (Å²) in [5.41, 5.74) is 2.44. The zero-order valence-electron chi connectivity index (χ0n) is 17.6. The Morgan fingerprint density at radius 1 is 1.09 bits per heavy atom. The molecule has 166 valence electrons. The summed E-state index contributed by atoms with van der Waals surface area (Å²) >= 11 is 1.22. The lowest BCUT2D eigenvalue weighted by molar-refractivity contribution is -0.383. The van der Waals surface area contributed by atoms with Gasteiger partial charge in [0, 0.05) is 17.0 Å². The van der Waals surface area contributed by atoms with Gasteiger partial charge in [-0.15, -0.1) is 0 Å². The lowest BCUT2D eigenvalue weighted by atomic mass is 10.1. The van der Waals surface area contributed by atoms with Crippen LogP contribution >= 0.6 is 11.8 Å². The molecule has 0 aliphatic heterocycles. The van der Waals surface area contributed by atoms with Crippen molar-refractivity contribution >= 4 is 39.9 Å². The van der Waals surface area contributed by atoms with Gasteiger partial charge in [-0.1, -0.05) is 36.9 Å². The maximum absolute atomic E-state index is 13.4. The number of hydrogen-bond donors (Lipinski definition) is 1. The van der Waals surface area contributed by atoms with Gasteiger partial charge in [-0.05, 0) is 54.4 Å². The number of nitro groups is 1. The minimum Gasteiger partial charge on any atom is -0.320 e. The van der Waals surface area contributed by atoms with Gasteiger partial charge in [0.25, 0.3) is 5.69 Å². The van der Waals surface area contributed by atoms with E-state index in [2.05, 4.69) is 15.3 Å². The van der Waals surface area contributed by atoms with Crippen LogP contribution in [0.3, 0.4) is 0 Å². The molecule has 1 N–H and O–H groups in total. The molecule has 0 saturated heterocycles. The van der Waals surface area contributed by atoms with E-state index in [0.717, 1.165) is 17.4 Å². The van der Waals surface area contributed by atoms with Crippen LogP contribution in [0.15, 0.2) is 71.8 Å². The first kappa shape index (κ1) is 22.3. The molecule has 4 rings (SSSR count). The van der Waals surface area contributed by atoms with Crippen LogP contribution in [0.25, 0.3) is 22.3 Å². The molecule has 0 saturated carbocycles. The van der Waals surface area contributed by atoms with Crippen molar-refractivity contribution in [1.29, 1.82) is 0 Å². The van der Waals surface area contributed by atoms with E-state index in [-0.39, 0.29) is 22.9 Å². The third-order valence-corrected chi connectivity index (χ3v) is 5.94. The number of rotatable bonds is 7. The standard InChI is InChI=1S/C24H19FN4O3S/c1-2-15-7-12-19-18(13-15)24(28-23(27-19)16-8-10-17(25)11-9-16)33-14-22(30)26-20-5-3-4-6-21(20)29(31)32/h3-13H,2,14H2,1H3,(H,26,30). The molecule has 1 amide bonds. The lowest BCUT2D eigenvalue weighted by Crippen LogP contribution is -2.15. The van der Waals surface area contributed by atoms with Crippen molar-refractivity contribution in [3.05, 3.63) is 88.2 Å². The first-order chi connectivity index (χ1) is 15.9.